The van der Waals surface area contributed by atoms with Crippen LogP contribution in [0.4, 0.5) is 0 Å². The highest BCUT2D eigenvalue weighted by Gasteiger charge is 2.73. The summed E-state index contributed by atoms with van der Waals surface area (Å²) in [4.78, 5) is 25.7. The van der Waals surface area contributed by atoms with E-state index in [9.17, 15) is 19.8 Å². The molecule has 5 fully saturated rings. The summed E-state index contributed by atoms with van der Waals surface area (Å²) in [7, 11) is 0. The molecule has 4 nitrogen and oxygen atoms in total. The number of ketones is 1. The maximum Gasteiger partial charge on any atom is 0.309 e. The molecule has 5 saturated carbocycles. The molecule has 4 heteroatoms. The van der Waals surface area contributed by atoms with Gasteiger partial charge in [-0.15, -0.1) is 0 Å². The third-order valence-corrected chi connectivity index (χ3v) is 13.1. The van der Waals surface area contributed by atoms with Gasteiger partial charge in [-0.25, -0.2) is 0 Å². The van der Waals surface area contributed by atoms with E-state index in [0.29, 0.717) is 24.0 Å². The van der Waals surface area contributed by atoms with Gasteiger partial charge in [-0.3, -0.25) is 9.59 Å². The Labute approximate surface area is 206 Å². The normalized spacial score (nSPS) is 53.8. The number of aliphatic hydroxyl groups excluding tert-OH is 1. The molecule has 0 unspecified atom stereocenters. The first kappa shape index (κ1) is 24.5. The summed E-state index contributed by atoms with van der Waals surface area (Å²) >= 11 is 0. The number of carbonyl (C=O) groups is 2. The molecule has 0 heterocycles. The van der Waals surface area contributed by atoms with Crippen molar-refractivity contribution in [1.29, 1.82) is 0 Å². The molecule has 5 aliphatic rings. The quantitative estimate of drug-likeness (QED) is 0.467. The van der Waals surface area contributed by atoms with Crippen molar-refractivity contribution in [1.82, 2.24) is 0 Å². The van der Waals surface area contributed by atoms with Crippen molar-refractivity contribution in [3.05, 3.63) is 12.2 Å². The molecule has 5 aliphatic carbocycles. The number of hydrogen-bond donors (Lipinski definition) is 2. The number of aliphatic carboxylic acids is 1. The van der Waals surface area contributed by atoms with Gasteiger partial charge in [-0.05, 0) is 98.2 Å². The fraction of sp³-hybridized carbons (Fsp3) is 0.867. The highest BCUT2D eigenvalue weighted by molar-refractivity contribution is 5.85. The number of carbonyl (C=O) groups excluding carboxylic acids is 1. The van der Waals surface area contributed by atoms with Gasteiger partial charge in [-0.2, -0.15) is 0 Å². The van der Waals surface area contributed by atoms with Crippen LogP contribution in [0.25, 0.3) is 0 Å². The Kier molecular flexibility index (Phi) is 5.20. The van der Waals surface area contributed by atoms with Crippen LogP contribution in [0, 0.1) is 56.7 Å². The Hall–Kier alpha value is -1.16. The van der Waals surface area contributed by atoms with Crippen molar-refractivity contribution in [2.75, 3.05) is 0 Å². The average molecular weight is 471 g/mol. The molecule has 190 valence electrons. The summed E-state index contributed by atoms with van der Waals surface area (Å²) in [5.41, 5.74) is -0.110. The average Bonchev–Trinajstić information content (AvgIpc) is 3.13. The Balaban J connectivity index is 1.60. The summed E-state index contributed by atoms with van der Waals surface area (Å²) in [6, 6.07) is 0. The third kappa shape index (κ3) is 2.70. The molecular weight excluding hydrogens is 424 g/mol. The Morgan fingerprint density at radius 1 is 0.971 bits per heavy atom. The van der Waals surface area contributed by atoms with E-state index in [1.54, 1.807) is 0 Å². The monoisotopic (exact) mass is 470 g/mol. The topological polar surface area (TPSA) is 74.6 Å². The molecule has 0 aliphatic heterocycles. The number of hydrogen-bond acceptors (Lipinski definition) is 3. The van der Waals surface area contributed by atoms with Gasteiger partial charge in [0.1, 0.15) is 5.78 Å². The molecule has 5 rings (SSSR count). The molecule has 2 N–H and O–H groups in total. The maximum atomic E-state index is 12.9. The highest BCUT2D eigenvalue weighted by atomic mass is 16.4. The predicted molar refractivity (Wildman–Crippen MR) is 133 cm³/mol. The van der Waals surface area contributed by atoms with Gasteiger partial charge in [-0.1, -0.05) is 46.8 Å². The summed E-state index contributed by atoms with van der Waals surface area (Å²) in [6.07, 6.45) is 7.24. The summed E-state index contributed by atoms with van der Waals surface area (Å²) in [5, 5.41) is 22.2. The lowest BCUT2D eigenvalue weighted by atomic mass is 9.32. The molecule has 0 aromatic rings. The van der Waals surface area contributed by atoms with Crippen molar-refractivity contribution in [2.24, 2.45) is 56.7 Å². The second-order valence-corrected chi connectivity index (χ2v) is 14.4. The van der Waals surface area contributed by atoms with Crippen molar-refractivity contribution in [2.45, 2.75) is 105 Å². The standard InChI is InChI=1S/C30H46O4/c1-17(2)18-10-13-30(25(33)34)15-14-28(6)19(23(18)30)8-9-21-27(5)12-11-22(32)26(3,4)24(27)20(31)16-29(21,28)7/h18-21,23-24,31H,1,8-16H2,2-7H3,(H,33,34)/t18-,19-,20+,21+,23+,24-,27+,28+,29+,30-/m0/s1. The number of aliphatic hydroxyl groups is 1. The Morgan fingerprint density at radius 2 is 1.65 bits per heavy atom. The lowest BCUT2D eigenvalue weighted by Crippen LogP contribution is -2.69. The van der Waals surface area contributed by atoms with E-state index in [1.165, 1.54) is 0 Å². The number of allylic oxidation sites excluding steroid dienone is 1. The molecular formula is C30H46O4. The SMILES string of the molecule is C=C(C)[C@@H]1CC[C@]2(C(=O)O)CC[C@]3(C)[C@@H](CC[C@@H]4[C@@]5(C)CCC(=O)C(C)(C)[C@@H]5[C@H](O)C[C@]43C)[C@@H]12. The van der Waals surface area contributed by atoms with E-state index >= 15 is 0 Å². The summed E-state index contributed by atoms with van der Waals surface area (Å²) < 4.78 is 0. The first-order valence-corrected chi connectivity index (χ1v) is 13.8. The van der Waals surface area contributed by atoms with Crippen LogP contribution in [-0.4, -0.2) is 28.1 Å². The zero-order valence-corrected chi connectivity index (χ0v) is 22.2. The van der Waals surface area contributed by atoms with Gasteiger partial charge in [0.2, 0.25) is 0 Å². The van der Waals surface area contributed by atoms with Gasteiger partial charge in [0.25, 0.3) is 0 Å². The third-order valence-electron chi connectivity index (χ3n) is 13.1. The first-order chi connectivity index (χ1) is 15.7. The highest BCUT2D eigenvalue weighted by Crippen LogP contribution is 2.77. The first-order valence-electron chi connectivity index (χ1n) is 13.8. The number of carboxylic acid groups (broad SMARTS) is 1. The largest absolute Gasteiger partial charge is 0.481 e. The van der Waals surface area contributed by atoms with Gasteiger partial charge < -0.3 is 10.2 Å². The molecule has 10 atom stereocenters. The Morgan fingerprint density at radius 3 is 2.26 bits per heavy atom. The van der Waals surface area contributed by atoms with Crippen LogP contribution in [0.5, 0.6) is 0 Å². The van der Waals surface area contributed by atoms with E-state index in [0.717, 1.165) is 56.9 Å². The van der Waals surface area contributed by atoms with Crippen LogP contribution >= 0.6 is 0 Å². The zero-order valence-electron chi connectivity index (χ0n) is 22.2. The molecule has 34 heavy (non-hydrogen) atoms. The summed E-state index contributed by atoms with van der Waals surface area (Å²) in [6.45, 7) is 17.8. The summed E-state index contributed by atoms with van der Waals surface area (Å²) in [5.74, 6) is 0.916. The van der Waals surface area contributed by atoms with E-state index in [4.69, 9.17) is 0 Å². The van der Waals surface area contributed by atoms with Crippen LogP contribution in [0.3, 0.4) is 0 Å². The fourth-order valence-electron chi connectivity index (χ4n) is 11.5. The second-order valence-electron chi connectivity index (χ2n) is 14.4. The molecule has 0 amide bonds. The minimum atomic E-state index is -0.615. The fourth-order valence-corrected chi connectivity index (χ4v) is 11.5. The van der Waals surface area contributed by atoms with Crippen LogP contribution in [-0.2, 0) is 9.59 Å². The van der Waals surface area contributed by atoms with Crippen molar-refractivity contribution < 1.29 is 19.8 Å². The lowest BCUT2D eigenvalue weighted by molar-refractivity contribution is -0.259. The van der Waals surface area contributed by atoms with Crippen molar-refractivity contribution in [3.8, 4) is 0 Å². The van der Waals surface area contributed by atoms with Crippen LogP contribution in [0.1, 0.15) is 99.3 Å². The smallest absolute Gasteiger partial charge is 0.309 e. The number of carboxylic acids is 1. The van der Waals surface area contributed by atoms with E-state index in [2.05, 4.69) is 48.1 Å². The van der Waals surface area contributed by atoms with Crippen molar-refractivity contribution in [3.63, 3.8) is 0 Å². The molecule has 0 aromatic heterocycles. The van der Waals surface area contributed by atoms with Gasteiger partial charge in [0.05, 0.1) is 11.5 Å². The number of fused-ring (bicyclic) bond motifs is 7. The number of Topliss-reactive ketones (excluding diaryl/α,β-unsaturated/α-hetero) is 1. The van der Waals surface area contributed by atoms with E-state index in [-0.39, 0.29) is 34.0 Å². The molecule has 0 saturated heterocycles. The van der Waals surface area contributed by atoms with E-state index in [1.807, 2.05) is 0 Å². The predicted octanol–water partition coefficient (Wildman–Crippen LogP) is 6.27. The lowest BCUT2D eigenvalue weighted by Gasteiger charge is -2.72. The van der Waals surface area contributed by atoms with Gasteiger partial charge in [0, 0.05) is 17.8 Å². The minimum absolute atomic E-state index is 0.00387. The van der Waals surface area contributed by atoms with Crippen LogP contribution in [0.2, 0.25) is 0 Å². The molecule has 0 bridgehead atoms. The van der Waals surface area contributed by atoms with Crippen molar-refractivity contribution >= 4 is 11.8 Å². The van der Waals surface area contributed by atoms with Crippen LogP contribution in [0.15, 0.2) is 12.2 Å². The molecule has 0 radical (unpaired) electrons. The Bertz CT molecular complexity index is 936. The molecule has 0 aromatic carbocycles. The van der Waals surface area contributed by atoms with E-state index < -0.39 is 22.9 Å². The molecule has 0 spiro atoms. The van der Waals surface area contributed by atoms with Gasteiger partial charge in [0.15, 0.2) is 0 Å². The van der Waals surface area contributed by atoms with Crippen LogP contribution < -0.4 is 0 Å². The zero-order chi connectivity index (χ0) is 25.1. The minimum Gasteiger partial charge on any atom is -0.481 e. The second kappa shape index (κ2) is 7.20. The van der Waals surface area contributed by atoms with Gasteiger partial charge >= 0.3 is 5.97 Å². The number of rotatable bonds is 2. The maximum absolute atomic E-state index is 12.9.